The first-order valence-corrected chi connectivity index (χ1v) is 7.93. The van der Waals surface area contributed by atoms with Crippen LogP contribution in [0.25, 0.3) is 0 Å². The third kappa shape index (κ3) is 3.38. The molecular formula is C18H15F6NO. The number of hydrogen-bond acceptors (Lipinski definition) is 2. The van der Waals surface area contributed by atoms with Crippen LogP contribution in [0.5, 0.6) is 5.75 Å². The van der Waals surface area contributed by atoms with Gasteiger partial charge in [-0.05, 0) is 37.1 Å². The lowest BCUT2D eigenvalue weighted by Gasteiger charge is -2.37. The minimum absolute atomic E-state index is 0.0990. The Bertz CT molecular complexity index is 781. The second-order valence-corrected chi connectivity index (χ2v) is 6.22. The predicted molar refractivity (Wildman–Crippen MR) is 81.7 cm³/mol. The van der Waals surface area contributed by atoms with Crippen molar-refractivity contribution in [1.29, 1.82) is 0 Å². The van der Waals surface area contributed by atoms with Crippen LogP contribution in [0.4, 0.5) is 26.3 Å². The van der Waals surface area contributed by atoms with E-state index in [1.165, 1.54) is 12.1 Å². The zero-order chi connectivity index (χ0) is 19.0. The fourth-order valence-corrected chi connectivity index (χ4v) is 3.04. The van der Waals surface area contributed by atoms with Crippen LogP contribution in [-0.4, -0.2) is 24.7 Å². The molecule has 2 atom stereocenters. The maximum Gasteiger partial charge on any atom is 0.207 e. The van der Waals surface area contributed by atoms with E-state index >= 15 is 0 Å². The van der Waals surface area contributed by atoms with E-state index in [0.717, 1.165) is 5.56 Å². The topological polar surface area (TPSA) is 12.5 Å². The average molecular weight is 375 g/mol. The molecule has 8 heteroatoms. The quantitative estimate of drug-likeness (QED) is 0.437. The summed E-state index contributed by atoms with van der Waals surface area (Å²) in [7, 11) is 1.62. The van der Waals surface area contributed by atoms with Gasteiger partial charge in [0.1, 0.15) is 5.82 Å². The van der Waals surface area contributed by atoms with Crippen LogP contribution in [0.3, 0.4) is 0 Å². The van der Waals surface area contributed by atoms with Crippen LogP contribution in [0.1, 0.15) is 24.3 Å². The fourth-order valence-electron chi connectivity index (χ4n) is 3.04. The standard InChI is InChI=1S/C18H15F6NO/c1-25-7-6-10(9-2-4-11(19)5-3-9)8-12(25)26-18-16(23)14(21)13(20)15(22)17(18)24/h2-5,10,12H,6-8H2,1H3. The molecule has 1 fully saturated rings. The number of halogens is 6. The van der Waals surface area contributed by atoms with E-state index in [4.69, 9.17) is 4.74 Å². The zero-order valence-electron chi connectivity index (χ0n) is 13.7. The Kier molecular flexibility index (Phi) is 5.13. The van der Waals surface area contributed by atoms with Crippen molar-refractivity contribution in [1.82, 2.24) is 4.90 Å². The largest absolute Gasteiger partial charge is 0.469 e. The Balaban J connectivity index is 1.86. The summed E-state index contributed by atoms with van der Waals surface area (Å²) >= 11 is 0. The molecule has 0 bridgehead atoms. The average Bonchev–Trinajstić information content (AvgIpc) is 2.64. The molecule has 0 radical (unpaired) electrons. The SMILES string of the molecule is CN1CCC(c2ccc(F)cc2)CC1Oc1c(F)c(F)c(F)c(F)c1F. The molecule has 0 aliphatic carbocycles. The molecule has 1 heterocycles. The highest BCUT2D eigenvalue weighted by atomic mass is 19.2. The van der Waals surface area contributed by atoms with E-state index in [2.05, 4.69) is 0 Å². The summed E-state index contributed by atoms with van der Waals surface area (Å²) in [5.74, 6) is -12.1. The summed E-state index contributed by atoms with van der Waals surface area (Å²) in [6, 6.07) is 5.79. The van der Waals surface area contributed by atoms with Gasteiger partial charge in [0.2, 0.25) is 29.1 Å². The summed E-state index contributed by atoms with van der Waals surface area (Å²) in [6.45, 7) is 0.474. The summed E-state index contributed by atoms with van der Waals surface area (Å²) in [5, 5.41) is 0. The van der Waals surface area contributed by atoms with E-state index in [1.807, 2.05) is 0 Å². The van der Waals surface area contributed by atoms with Crippen molar-refractivity contribution in [2.45, 2.75) is 25.0 Å². The molecule has 1 aliphatic rings. The molecule has 0 N–H and O–H groups in total. The summed E-state index contributed by atoms with van der Waals surface area (Å²) in [6.07, 6.45) is 0.0350. The van der Waals surface area contributed by atoms with E-state index in [-0.39, 0.29) is 12.3 Å². The fraction of sp³-hybridized carbons (Fsp3) is 0.333. The maximum absolute atomic E-state index is 13.8. The van der Waals surface area contributed by atoms with Gasteiger partial charge in [-0.3, -0.25) is 4.90 Å². The molecule has 2 nitrogen and oxygen atoms in total. The molecule has 0 saturated carbocycles. The smallest absolute Gasteiger partial charge is 0.207 e. The first-order chi connectivity index (χ1) is 12.3. The first-order valence-electron chi connectivity index (χ1n) is 7.93. The molecular weight excluding hydrogens is 360 g/mol. The Hall–Kier alpha value is -2.22. The summed E-state index contributed by atoms with van der Waals surface area (Å²) in [4.78, 5) is 1.62. The molecule has 2 aromatic carbocycles. The van der Waals surface area contributed by atoms with Crippen molar-refractivity contribution < 1.29 is 31.1 Å². The lowest BCUT2D eigenvalue weighted by Crippen LogP contribution is -2.43. The van der Waals surface area contributed by atoms with Gasteiger partial charge in [-0.2, -0.15) is 8.78 Å². The number of hydrogen-bond donors (Lipinski definition) is 0. The van der Waals surface area contributed by atoms with E-state index in [9.17, 15) is 26.3 Å². The van der Waals surface area contributed by atoms with Crippen LogP contribution in [0, 0.1) is 34.9 Å². The lowest BCUT2D eigenvalue weighted by molar-refractivity contribution is 0.000357. The molecule has 2 aromatic rings. The Morgan fingerprint density at radius 2 is 1.38 bits per heavy atom. The number of piperidine rings is 1. The second kappa shape index (κ2) is 7.19. The minimum Gasteiger partial charge on any atom is -0.469 e. The molecule has 140 valence electrons. The second-order valence-electron chi connectivity index (χ2n) is 6.22. The molecule has 0 aromatic heterocycles. The van der Waals surface area contributed by atoms with E-state index < -0.39 is 46.9 Å². The third-order valence-electron chi connectivity index (χ3n) is 4.57. The van der Waals surface area contributed by atoms with Gasteiger partial charge in [0.15, 0.2) is 12.0 Å². The van der Waals surface area contributed by atoms with Crippen molar-refractivity contribution in [2.24, 2.45) is 0 Å². The van der Waals surface area contributed by atoms with Gasteiger partial charge in [0.05, 0.1) is 0 Å². The van der Waals surface area contributed by atoms with Gasteiger partial charge in [-0.25, -0.2) is 17.6 Å². The van der Waals surface area contributed by atoms with Crippen molar-refractivity contribution in [3.8, 4) is 5.75 Å². The number of nitrogens with zero attached hydrogens (tertiary/aromatic N) is 1. The normalized spacial score (nSPS) is 21.0. The van der Waals surface area contributed by atoms with Crippen LogP contribution in [0.15, 0.2) is 24.3 Å². The van der Waals surface area contributed by atoms with E-state index in [0.29, 0.717) is 13.0 Å². The molecule has 1 saturated heterocycles. The van der Waals surface area contributed by atoms with Crippen molar-refractivity contribution in [3.63, 3.8) is 0 Å². The number of benzene rings is 2. The monoisotopic (exact) mass is 375 g/mol. The van der Waals surface area contributed by atoms with Gasteiger partial charge in [-0.15, -0.1) is 0 Å². The molecule has 0 amide bonds. The number of rotatable bonds is 3. The van der Waals surface area contributed by atoms with Crippen molar-refractivity contribution >= 4 is 0 Å². The van der Waals surface area contributed by atoms with Crippen molar-refractivity contribution in [3.05, 3.63) is 64.7 Å². The molecule has 2 unspecified atom stereocenters. The third-order valence-corrected chi connectivity index (χ3v) is 4.57. The Labute approximate surface area is 146 Å². The summed E-state index contributed by atoms with van der Waals surface area (Å²) < 4.78 is 85.8. The van der Waals surface area contributed by atoms with Gasteiger partial charge in [0, 0.05) is 13.0 Å². The van der Waals surface area contributed by atoms with Crippen LogP contribution < -0.4 is 4.74 Å². The van der Waals surface area contributed by atoms with Crippen LogP contribution in [-0.2, 0) is 0 Å². The number of ether oxygens (including phenoxy) is 1. The van der Waals surface area contributed by atoms with Gasteiger partial charge >= 0.3 is 0 Å². The molecule has 0 spiro atoms. The van der Waals surface area contributed by atoms with Gasteiger partial charge in [-0.1, -0.05) is 12.1 Å². The Morgan fingerprint density at radius 3 is 1.96 bits per heavy atom. The minimum atomic E-state index is -2.23. The molecule has 1 aliphatic heterocycles. The maximum atomic E-state index is 13.8. The highest BCUT2D eigenvalue weighted by Crippen LogP contribution is 2.35. The first kappa shape index (κ1) is 18.6. The van der Waals surface area contributed by atoms with E-state index in [1.54, 1.807) is 24.1 Å². The van der Waals surface area contributed by atoms with Crippen LogP contribution in [0.2, 0.25) is 0 Å². The van der Waals surface area contributed by atoms with Crippen molar-refractivity contribution in [2.75, 3.05) is 13.6 Å². The molecule has 26 heavy (non-hydrogen) atoms. The lowest BCUT2D eigenvalue weighted by atomic mass is 9.88. The van der Waals surface area contributed by atoms with Gasteiger partial charge < -0.3 is 4.74 Å². The Morgan fingerprint density at radius 1 is 0.846 bits per heavy atom. The van der Waals surface area contributed by atoms with Crippen LogP contribution >= 0.6 is 0 Å². The highest BCUT2D eigenvalue weighted by molar-refractivity contribution is 5.30. The highest BCUT2D eigenvalue weighted by Gasteiger charge is 2.33. The van der Waals surface area contributed by atoms with Gasteiger partial charge in [0.25, 0.3) is 0 Å². The number of likely N-dealkylation sites (tertiary alicyclic amines) is 1. The zero-order valence-corrected chi connectivity index (χ0v) is 13.7. The predicted octanol–water partition coefficient (Wildman–Crippen LogP) is 4.74. The summed E-state index contributed by atoms with van der Waals surface area (Å²) in [5.41, 5.74) is 0.811. The molecule has 3 rings (SSSR count).